The maximum absolute atomic E-state index is 12.9. The molecule has 1 nitrogen and oxygen atoms in total. The second-order valence-corrected chi connectivity index (χ2v) is 5.19. The molecule has 0 aliphatic rings. The molecule has 2 aromatic rings. The highest BCUT2D eigenvalue weighted by Crippen LogP contribution is 2.33. The molecule has 0 unspecified atom stereocenters. The van der Waals surface area contributed by atoms with Gasteiger partial charge in [-0.2, -0.15) is 13.2 Å². The standard InChI is InChI=1S/C15H10BrF3O/c1-9-6-7-10(8-13(9)16)14(20)11-4-2-3-5-12(11)15(17,18)19/h2-8H,1H3. The predicted molar refractivity (Wildman–Crippen MR) is 73.8 cm³/mol. The summed E-state index contributed by atoms with van der Waals surface area (Å²) in [6.07, 6.45) is -4.55. The first-order valence-corrected chi connectivity index (χ1v) is 6.57. The summed E-state index contributed by atoms with van der Waals surface area (Å²) in [5.41, 5.74) is -0.123. The fourth-order valence-corrected chi connectivity index (χ4v) is 2.20. The zero-order valence-electron chi connectivity index (χ0n) is 10.5. The zero-order chi connectivity index (χ0) is 14.9. The lowest BCUT2D eigenvalue weighted by Gasteiger charge is -2.12. The third-order valence-corrected chi connectivity index (χ3v) is 3.77. The van der Waals surface area contributed by atoms with Crippen LogP contribution in [0.5, 0.6) is 0 Å². The van der Waals surface area contributed by atoms with E-state index in [4.69, 9.17) is 0 Å². The van der Waals surface area contributed by atoms with Crippen LogP contribution in [0.3, 0.4) is 0 Å². The lowest BCUT2D eigenvalue weighted by molar-refractivity contribution is -0.137. The first-order valence-electron chi connectivity index (χ1n) is 5.78. The van der Waals surface area contributed by atoms with Gasteiger partial charge in [0.2, 0.25) is 0 Å². The Bertz CT molecular complexity index is 662. The van der Waals surface area contributed by atoms with Gasteiger partial charge >= 0.3 is 6.18 Å². The van der Waals surface area contributed by atoms with Gasteiger partial charge in [-0.05, 0) is 24.6 Å². The highest BCUT2D eigenvalue weighted by Gasteiger charge is 2.34. The highest BCUT2D eigenvalue weighted by molar-refractivity contribution is 9.10. The van der Waals surface area contributed by atoms with E-state index < -0.39 is 17.5 Å². The average Bonchev–Trinajstić information content (AvgIpc) is 2.40. The Kier molecular flexibility index (Phi) is 3.99. The van der Waals surface area contributed by atoms with Gasteiger partial charge < -0.3 is 0 Å². The maximum Gasteiger partial charge on any atom is 0.417 e. The van der Waals surface area contributed by atoms with Crippen molar-refractivity contribution in [3.05, 3.63) is 69.2 Å². The van der Waals surface area contributed by atoms with E-state index in [1.54, 1.807) is 6.07 Å². The molecule has 2 rings (SSSR count). The Morgan fingerprint density at radius 2 is 1.75 bits per heavy atom. The van der Waals surface area contributed by atoms with E-state index in [1.165, 1.54) is 30.3 Å². The van der Waals surface area contributed by atoms with Crippen molar-refractivity contribution in [1.29, 1.82) is 0 Å². The van der Waals surface area contributed by atoms with Gasteiger partial charge in [0.1, 0.15) is 0 Å². The fourth-order valence-electron chi connectivity index (χ4n) is 1.82. The Balaban J connectivity index is 2.51. The lowest BCUT2D eigenvalue weighted by atomic mass is 9.97. The number of benzene rings is 2. The molecule has 0 N–H and O–H groups in total. The first kappa shape index (κ1) is 14.8. The van der Waals surface area contributed by atoms with Crippen molar-refractivity contribution in [2.24, 2.45) is 0 Å². The maximum atomic E-state index is 12.9. The Hall–Kier alpha value is -1.62. The molecule has 20 heavy (non-hydrogen) atoms. The number of halogens is 4. The molecule has 0 saturated carbocycles. The minimum Gasteiger partial charge on any atom is -0.289 e. The van der Waals surface area contributed by atoms with Crippen LogP contribution < -0.4 is 0 Å². The molecule has 0 bridgehead atoms. The molecular formula is C15H10BrF3O. The van der Waals surface area contributed by atoms with Crippen molar-refractivity contribution in [1.82, 2.24) is 0 Å². The Morgan fingerprint density at radius 3 is 2.35 bits per heavy atom. The summed E-state index contributed by atoms with van der Waals surface area (Å²) in [4.78, 5) is 12.3. The van der Waals surface area contributed by atoms with Crippen molar-refractivity contribution in [3.8, 4) is 0 Å². The quantitative estimate of drug-likeness (QED) is 0.701. The largest absolute Gasteiger partial charge is 0.417 e. The van der Waals surface area contributed by atoms with Gasteiger partial charge in [0.15, 0.2) is 5.78 Å². The summed E-state index contributed by atoms with van der Waals surface area (Å²) in [6, 6.07) is 9.54. The Morgan fingerprint density at radius 1 is 1.10 bits per heavy atom. The smallest absolute Gasteiger partial charge is 0.289 e. The third kappa shape index (κ3) is 2.93. The molecule has 2 aromatic carbocycles. The number of ketones is 1. The summed E-state index contributed by atoms with van der Waals surface area (Å²) in [6.45, 7) is 1.84. The van der Waals surface area contributed by atoms with Crippen LogP contribution >= 0.6 is 15.9 Å². The number of hydrogen-bond donors (Lipinski definition) is 0. The summed E-state index contributed by atoms with van der Waals surface area (Å²) in [5.74, 6) is -0.640. The van der Waals surface area contributed by atoms with Crippen LogP contribution in [0.25, 0.3) is 0 Å². The Labute approximate surface area is 122 Å². The molecule has 0 atom stereocenters. The van der Waals surface area contributed by atoms with Crippen molar-refractivity contribution < 1.29 is 18.0 Å². The molecule has 5 heteroatoms. The van der Waals surface area contributed by atoms with Crippen LogP contribution in [-0.2, 0) is 6.18 Å². The van der Waals surface area contributed by atoms with Crippen molar-refractivity contribution >= 4 is 21.7 Å². The molecule has 0 aliphatic carbocycles. The van der Waals surface area contributed by atoms with Crippen LogP contribution in [0, 0.1) is 6.92 Å². The SMILES string of the molecule is Cc1ccc(C(=O)c2ccccc2C(F)(F)F)cc1Br. The average molecular weight is 343 g/mol. The van der Waals surface area contributed by atoms with E-state index in [9.17, 15) is 18.0 Å². The van der Waals surface area contributed by atoms with Gasteiger partial charge in [-0.3, -0.25) is 4.79 Å². The van der Waals surface area contributed by atoms with Gasteiger partial charge in [-0.25, -0.2) is 0 Å². The van der Waals surface area contributed by atoms with E-state index in [0.717, 1.165) is 11.6 Å². The topological polar surface area (TPSA) is 17.1 Å². The van der Waals surface area contributed by atoms with Crippen LogP contribution in [0.2, 0.25) is 0 Å². The van der Waals surface area contributed by atoms with E-state index in [1.807, 2.05) is 6.92 Å². The normalized spacial score (nSPS) is 11.4. The summed E-state index contributed by atoms with van der Waals surface area (Å²) < 4.78 is 39.4. The number of hydrogen-bond acceptors (Lipinski definition) is 1. The van der Waals surface area contributed by atoms with Crippen molar-refractivity contribution in [2.75, 3.05) is 0 Å². The molecule has 104 valence electrons. The predicted octanol–water partition coefficient (Wildman–Crippen LogP) is 5.01. The molecule has 0 aromatic heterocycles. The second kappa shape index (κ2) is 5.40. The molecule has 0 amide bonds. The third-order valence-electron chi connectivity index (χ3n) is 2.91. The van der Waals surface area contributed by atoms with E-state index >= 15 is 0 Å². The highest BCUT2D eigenvalue weighted by atomic mass is 79.9. The number of carbonyl (C=O) groups is 1. The number of aryl methyl sites for hydroxylation is 1. The minimum atomic E-state index is -4.55. The van der Waals surface area contributed by atoms with Crippen molar-refractivity contribution in [3.63, 3.8) is 0 Å². The lowest BCUT2D eigenvalue weighted by Crippen LogP contribution is -2.13. The molecular weight excluding hydrogens is 333 g/mol. The van der Waals surface area contributed by atoms with Crippen LogP contribution in [0.15, 0.2) is 46.9 Å². The van der Waals surface area contributed by atoms with Crippen molar-refractivity contribution in [2.45, 2.75) is 13.1 Å². The molecule has 0 spiro atoms. The van der Waals surface area contributed by atoms with Gasteiger partial charge in [0.25, 0.3) is 0 Å². The summed E-state index contributed by atoms with van der Waals surface area (Å²) in [5, 5.41) is 0. The van der Waals surface area contributed by atoms with E-state index in [2.05, 4.69) is 15.9 Å². The van der Waals surface area contributed by atoms with Crippen LogP contribution in [0.1, 0.15) is 27.0 Å². The second-order valence-electron chi connectivity index (χ2n) is 4.34. The van der Waals surface area contributed by atoms with Crippen LogP contribution in [0.4, 0.5) is 13.2 Å². The molecule has 0 heterocycles. The minimum absolute atomic E-state index is 0.221. The number of rotatable bonds is 2. The number of carbonyl (C=O) groups excluding carboxylic acids is 1. The summed E-state index contributed by atoms with van der Waals surface area (Å²) >= 11 is 3.27. The van der Waals surface area contributed by atoms with E-state index in [-0.39, 0.29) is 11.1 Å². The molecule has 0 radical (unpaired) electrons. The number of alkyl halides is 3. The molecule has 0 saturated heterocycles. The van der Waals surface area contributed by atoms with Crippen LogP contribution in [-0.4, -0.2) is 5.78 Å². The fraction of sp³-hybridized carbons (Fsp3) is 0.133. The summed E-state index contributed by atoms with van der Waals surface area (Å²) in [7, 11) is 0. The molecule has 0 fully saturated rings. The van der Waals surface area contributed by atoms with Gasteiger partial charge in [0.05, 0.1) is 5.56 Å². The van der Waals surface area contributed by atoms with Gasteiger partial charge in [-0.15, -0.1) is 0 Å². The molecule has 0 aliphatic heterocycles. The van der Waals surface area contributed by atoms with E-state index in [0.29, 0.717) is 4.47 Å². The monoisotopic (exact) mass is 342 g/mol. The van der Waals surface area contributed by atoms with Gasteiger partial charge in [0, 0.05) is 15.6 Å². The zero-order valence-corrected chi connectivity index (χ0v) is 12.0. The van der Waals surface area contributed by atoms with Gasteiger partial charge in [-0.1, -0.05) is 46.3 Å². The first-order chi connectivity index (χ1) is 9.30.